The van der Waals surface area contributed by atoms with Crippen molar-refractivity contribution in [2.45, 2.75) is 30.6 Å². The Balaban J connectivity index is 2.10. The highest BCUT2D eigenvalue weighted by molar-refractivity contribution is 7.89. The molecule has 0 bridgehead atoms. The van der Waals surface area contributed by atoms with E-state index in [0.717, 1.165) is 19.4 Å². The Labute approximate surface area is 113 Å². The molecule has 0 radical (unpaired) electrons. The molecule has 0 amide bonds. The van der Waals surface area contributed by atoms with Gasteiger partial charge in [-0.1, -0.05) is 0 Å². The van der Waals surface area contributed by atoms with Gasteiger partial charge in [0, 0.05) is 19.6 Å². The molecule has 1 fully saturated rings. The van der Waals surface area contributed by atoms with Crippen LogP contribution in [0, 0.1) is 0 Å². The molecular weight excluding hydrogens is 268 g/mol. The van der Waals surface area contributed by atoms with Crippen molar-refractivity contribution in [3.63, 3.8) is 0 Å². The van der Waals surface area contributed by atoms with Gasteiger partial charge in [-0.3, -0.25) is 0 Å². The summed E-state index contributed by atoms with van der Waals surface area (Å²) in [6, 6.07) is 3.12. The van der Waals surface area contributed by atoms with Gasteiger partial charge >= 0.3 is 0 Å². The van der Waals surface area contributed by atoms with Crippen LogP contribution in [-0.4, -0.2) is 56.0 Å². The maximum Gasteiger partial charge on any atom is 0.276 e. The molecule has 1 aromatic heterocycles. The molecule has 19 heavy (non-hydrogen) atoms. The van der Waals surface area contributed by atoms with Gasteiger partial charge in [0.05, 0.1) is 0 Å². The summed E-state index contributed by atoms with van der Waals surface area (Å²) in [6.45, 7) is 1.16. The zero-order valence-corrected chi connectivity index (χ0v) is 12.1. The predicted molar refractivity (Wildman–Crippen MR) is 70.1 cm³/mol. The van der Waals surface area contributed by atoms with Crippen molar-refractivity contribution < 1.29 is 17.9 Å². The molecule has 0 aliphatic carbocycles. The molecule has 6 nitrogen and oxygen atoms in total. The number of hydrogen-bond donors (Lipinski definition) is 1. The standard InChI is InChI=1S/C12H20N2O4S/c1-13-7-3-4-10(13)8-14(2)19(16,17)12-6-5-11(9-15)18-12/h5-6,10,15H,3-4,7-9H2,1-2H3. The Morgan fingerprint density at radius 1 is 1.53 bits per heavy atom. The first-order valence-electron chi connectivity index (χ1n) is 6.31. The lowest BCUT2D eigenvalue weighted by Gasteiger charge is -2.24. The zero-order chi connectivity index (χ0) is 14.0. The Morgan fingerprint density at radius 2 is 2.26 bits per heavy atom. The SMILES string of the molecule is CN1CCCC1CN(C)S(=O)(=O)c1ccc(CO)o1. The molecule has 1 atom stereocenters. The van der Waals surface area contributed by atoms with Crippen LogP contribution in [0.15, 0.2) is 21.6 Å². The van der Waals surface area contributed by atoms with E-state index in [1.807, 2.05) is 7.05 Å². The number of rotatable bonds is 5. The van der Waals surface area contributed by atoms with Gasteiger partial charge in [-0.15, -0.1) is 0 Å². The fraction of sp³-hybridized carbons (Fsp3) is 0.667. The number of likely N-dealkylation sites (tertiary alicyclic amines) is 1. The molecule has 0 aromatic carbocycles. The number of sulfonamides is 1. The van der Waals surface area contributed by atoms with Crippen molar-refractivity contribution in [1.29, 1.82) is 0 Å². The van der Waals surface area contributed by atoms with Gasteiger partial charge in [-0.2, -0.15) is 4.31 Å². The first kappa shape index (κ1) is 14.5. The Morgan fingerprint density at radius 3 is 2.79 bits per heavy atom. The number of furan rings is 1. The third kappa shape index (κ3) is 3.00. The van der Waals surface area contributed by atoms with Gasteiger partial charge in [0.2, 0.25) is 5.09 Å². The van der Waals surface area contributed by atoms with Crippen molar-refractivity contribution in [1.82, 2.24) is 9.21 Å². The molecule has 1 saturated heterocycles. The number of hydrogen-bond acceptors (Lipinski definition) is 5. The molecule has 2 rings (SSSR count). The number of nitrogens with zero attached hydrogens (tertiary/aromatic N) is 2. The Hall–Kier alpha value is -0.890. The highest BCUT2D eigenvalue weighted by atomic mass is 32.2. The molecule has 7 heteroatoms. The second-order valence-electron chi connectivity index (χ2n) is 4.94. The average molecular weight is 288 g/mol. The van der Waals surface area contributed by atoms with Crippen LogP contribution < -0.4 is 0 Å². The molecule has 1 aliphatic heterocycles. The summed E-state index contributed by atoms with van der Waals surface area (Å²) >= 11 is 0. The zero-order valence-electron chi connectivity index (χ0n) is 11.2. The van der Waals surface area contributed by atoms with E-state index in [1.54, 1.807) is 7.05 Å². The van der Waals surface area contributed by atoms with Crippen molar-refractivity contribution >= 4 is 10.0 Å². The maximum atomic E-state index is 12.3. The van der Waals surface area contributed by atoms with Crippen LogP contribution in [0.1, 0.15) is 18.6 Å². The third-order valence-electron chi connectivity index (χ3n) is 3.60. The van der Waals surface area contributed by atoms with Gasteiger partial charge in [0.25, 0.3) is 10.0 Å². The fourth-order valence-electron chi connectivity index (χ4n) is 2.34. The summed E-state index contributed by atoms with van der Waals surface area (Å²) in [5.41, 5.74) is 0. The molecule has 1 unspecified atom stereocenters. The van der Waals surface area contributed by atoms with Gasteiger partial charge in [-0.25, -0.2) is 8.42 Å². The lowest BCUT2D eigenvalue weighted by molar-refractivity contribution is 0.233. The number of aliphatic hydroxyl groups is 1. The minimum Gasteiger partial charge on any atom is -0.446 e. The number of likely N-dealkylation sites (N-methyl/N-ethyl adjacent to an activating group) is 2. The van der Waals surface area contributed by atoms with E-state index in [-0.39, 0.29) is 23.5 Å². The lowest BCUT2D eigenvalue weighted by atomic mass is 10.2. The normalized spacial score (nSPS) is 21.4. The highest BCUT2D eigenvalue weighted by Gasteiger charge is 2.29. The Kier molecular flexibility index (Phi) is 4.29. The summed E-state index contributed by atoms with van der Waals surface area (Å²) in [4.78, 5) is 2.17. The van der Waals surface area contributed by atoms with Crippen LogP contribution in [0.4, 0.5) is 0 Å². The molecule has 0 spiro atoms. The summed E-state index contributed by atoms with van der Waals surface area (Å²) < 4.78 is 31.0. The predicted octanol–water partition coefficient (Wildman–Crippen LogP) is 0.487. The maximum absolute atomic E-state index is 12.3. The average Bonchev–Trinajstić information content (AvgIpc) is 2.99. The quantitative estimate of drug-likeness (QED) is 0.853. The molecule has 1 aromatic rings. The van der Waals surface area contributed by atoms with Crippen molar-refractivity contribution in [2.75, 3.05) is 27.2 Å². The van der Waals surface area contributed by atoms with Crippen LogP contribution in [-0.2, 0) is 16.6 Å². The molecule has 108 valence electrons. The largest absolute Gasteiger partial charge is 0.446 e. The van der Waals surface area contributed by atoms with Gasteiger partial charge in [0.1, 0.15) is 12.4 Å². The van der Waals surface area contributed by atoms with Crippen molar-refractivity contribution in [2.24, 2.45) is 0 Å². The van der Waals surface area contributed by atoms with E-state index in [2.05, 4.69) is 4.90 Å². The summed E-state index contributed by atoms with van der Waals surface area (Å²) in [5, 5.41) is 8.80. The van der Waals surface area contributed by atoms with E-state index in [9.17, 15) is 8.42 Å². The second kappa shape index (κ2) is 5.62. The van der Waals surface area contributed by atoms with E-state index in [0.29, 0.717) is 6.54 Å². The van der Waals surface area contributed by atoms with Crippen molar-refractivity contribution in [3.05, 3.63) is 17.9 Å². The molecule has 2 heterocycles. The van der Waals surface area contributed by atoms with Crippen LogP contribution in [0.3, 0.4) is 0 Å². The minimum atomic E-state index is -3.61. The second-order valence-corrected chi connectivity index (χ2v) is 6.92. The van der Waals surface area contributed by atoms with Crippen molar-refractivity contribution in [3.8, 4) is 0 Å². The first-order valence-corrected chi connectivity index (χ1v) is 7.75. The van der Waals surface area contributed by atoms with E-state index in [4.69, 9.17) is 9.52 Å². The Bertz CT molecular complexity index is 526. The van der Waals surface area contributed by atoms with Crippen LogP contribution in [0.2, 0.25) is 0 Å². The van der Waals surface area contributed by atoms with Crippen LogP contribution >= 0.6 is 0 Å². The summed E-state index contributed by atoms with van der Waals surface area (Å²) in [6.07, 6.45) is 2.11. The van der Waals surface area contributed by atoms with Crippen LogP contribution in [0.5, 0.6) is 0 Å². The van der Waals surface area contributed by atoms with Gasteiger partial charge in [0.15, 0.2) is 0 Å². The summed E-state index contributed by atoms with van der Waals surface area (Å²) in [5.74, 6) is 0.255. The van der Waals surface area contributed by atoms with Gasteiger partial charge in [-0.05, 0) is 38.6 Å². The molecule has 1 N–H and O–H groups in total. The molecular formula is C12H20N2O4S. The monoisotopic (exact) mass is 288 g/mol. The van der Waals surface area contributed by atoms with Crippen LogP contribution in [0.25, 0.3) is 0 Å². The smallest absolute Gasteiger partial charge is 0.276 e. The third-order valence-corrected chi connectivity index (χ3v) is 5.29. The molecule has 1 aliphatic rings. The first-order chi connectivity index (χ1) is 8.95. The topological polar surface area (TPSA) is 74.0 Å². The van der Waals surface area contributed by atoms with E-state index in [1.165, 1.54) is 16.4 Å². The van der Waals surface area contributed by atoms with E-state index >= 15 is 0 Å². The van der Waals surface area contributed by atoms with E-state index < -0.39 is 10.0 Å². The summed E-state index contributed by atoms with van der Waals surface area (Å²) in [7, 11) is -0.0433. The lowest BCUT2D eigenvalue weighted by Crippen LogP contribution is -2.39. The highest BCUT2D eigenvalue weighted by Crippen LogP contribution is 2.21. The number of aliphatic hydroxyl groups excluding tert-OH is 1. The minimum absolute atomic E-state index is 0.111. The van der Waals surface area contributed by atoms with Gasteiger partial charge < -0.3 is 14.4 Å². The fourth-order valence-corrected chi connectivity index (χ4v) is 3.47. The molecule has 0 saturated carbocycles.